The maximum Gasteiger partial charge on any atom is 0.411 e. The topological polar surface area (TPSA) is 43.8 Å². The predicted molar refractivity (Wildman–Crippen MR) is 103 cm³/mol. The number of nitrogens with zero attached hydrogens (tertiary/aromatic N) is 2. The quantitative estimate of drug-likeness (QED) is 0.768. The van der Waals surface area contributed by atoms with Crippen LogP contribution in [0.5, 0.6) is 0 Å². The third kappa shape index (κ3) is 4.11. The van der Waals surface area contributed by atoms with Gasteiger partial charge < -0.3 is 10.0 Å². The molecule has 138 valence electrons. The van der Waals surface area contributed by atoms with Crippen LogP contribution in [0.1, 0.15) is 6.42 Å². The molecule has 2 aromatic rings. The van der Waals surface area contributed by atoms with Crippen LogP contribution >= 0.6 is 23.2 Å². The monoisotopic (exact) mass is 396 g/mol. The summed E-state index contributed by atoms with van der Waals surface area (Å²) in [7, 11) is 2.03. The molecule has 0 bridgehead atoms. The average molecular weight is 397 g/mol. The van der Waals surface area contributed by atoms with Crippen LogP contribution in [0.2, 0.25) is 10.0 Å². The van der Waals surface area contributed by atoms with Gasteiger partial charge in [0, 0.05) is 23.7 Å². The van der Waals surface area contributed by atoms with Crippen molar-refractivity contribution < 1.29 is 14.3 Å². The molecule has 0 saturated carbocycles. The van der Waals surface area contributed by atoms with Gasteiger partial charge in [-0.3, -0.25) is 4.90 Å². The van der Waals surface area contributed by atoms with E-state index in [-0.39, 0.29) is 10.9 Å². The molecule has 1 aliphatic rings. The normalized spacial score (nSPS) is 17.5. The highest BCUT2D eigenvalue weighted by atomic mass is 35.5. The van der Waals surface area contributed by atoms with Crippen molar-refractivity contribution in [3.8, 4) is 11.1 Å². The summed E-state index contributed by atoms with van der Waals surface area (Å²) in [4.78, 5) is 15.5. The second-order valence-corrected chi connectivity index (χ2v) is 7.44. The number of carbonyl (C=O) groups is 1. The number of hydrogen-bond donors (Lipinski definition) is 1. The highest BCUT2D eigenvalue weighted by Gasteiger charge is 2.27. The molecule has 1 saturated heterocycles. The maximum atomic E-state index is 13.5. The summed E-state index contributed by atoms with van der Waals surface area (Å²) in [6.07, 6.45) is -0.0812. The van der Waals surface area contributed by atoms with Crippen LogP contribution in [0.3, 0.4) is 0 Å². The second kappa shape index (κ2) is 7.82. The summed E-state index contributed by atoms with van der Waals surface area (Å²) < 4.78 is 13.5. The molecule has 1 unspecified atom stereocenters. The van der Waals surface area contributed by atoms with Crippen molar-refractivity contribution in [2.24, 2.45) is 5.92 Å². The first-order chi connectivity index (χ1) is 12.3. The van der Waals surface area contributed by atoms with Gasteiger partial charge in [0.2, 0.25) is 0 Å². The van der Waals surface area contributed by atoms with Crippen LogP contribution in [0, 0.1) is 11.7 Å². The van der Waals surface area contributed by atoms with Gasteiger partial charge in [0.15, 0.2) is 0 Å². The smallest absolute Gasteiger partial charge is 0.411 e. The lowest BCUT2D eigenvalue weighted by atomic mass is 10.0. The van der Waals surface area contributed by atoms with Crippen molar-refractivity contribution in [1.82, 2.24) is 4.90 Å². The van der Waals surface area contributed by atoms with E-state index in [1.807, 2.05) is 7.05 Å². The maximum absolute atomic E-state index is 13.5. The molecule has 26 heavy (non-hydrogen) atoms. The van der Waals surface area contributed by atoms with Gasteiger partial charge >= 0.3 is 6.09 Å². The Morgan fingerprint density at radius 2 is 2.08 bits per heavy atom. The van der Waals surface area contributed by atoms with Crippen molar-refractivity contribution in [3.63, 3.8) is 0 Å². The van der Waals surface area contributed by atoms with Crippen LogP contribution in [0.4, 0.5) is 14.9 Å². The van der Waals surface area contributed by atoms with E-state index in [0.717, 1.165) is 19.5 Å². The number of anilines is 1. The number of halogens is 3. The fourth-order valence-corrected chi connectivity index (χ4v) is 3.70. The van der Waals surface area contributed by atoms with Crippen LogP contribution < -0.4 is 4.90 Å². The van der Waals surface area contributed by atoms with Gasteiger partial charge in [0.25, 0.3) is 0 Å². The van der Waals surface area contributed by atoms with Gasteiger partial charge in [0.05, 0.1) is 10.7 Å². The molecule has 0 radical (unpaired) electrons. The average Bonchev–Trinajstić information content (AvgIpc) is 3.00. The van der Waals surface area contributed by atoms with E-state index in [1.165, 1.54) is 17.0 Å². The van der Waals surface area contributed by atoms with Crippen molar-refractivity contribution in [2.75, 3.05) is 31.6 Å². The summed E-state index contributed by atoms with van der Waals surface area (Å²) in [5.74, 6) is -0.264. The van der Waals surface area contributed by atoms with Crippen molar-refractivity contribution in [2.45, 2.75) is 6.42 Å². The van der Waals surface area contributed by atoms with E-state index in [4.69, 9.17) is 23.2 Å². The van der Waals surface area contributed by atoms with E-state index in [1.54, 1.807) is 24.3 Å². The van der Waals surface area contributed by atoms with Gasteiger partial charge in [-0.15, -0.1) is 0 Å². The number of amides is 1. The Bertz CT molecular complexity index is 831. The molecule has 2 aromatic carbocycles. The molecule has 1 aliphatic heterocycles. The molecule has 1 N–H and O–H groups in total. The Morgan fingerprint density at radius 1 is 1.31 bits per heavy atom. The van der Waals surface area contributed by atoms with E-state index >= 15 is 0 Å². The molecule has 1 amide bonds. The molecule has 1 fully saturated rings. The van der Waals surface area contributed by atoms with E-state index in [0.29, 0.717) is 28.4 Å². The highest BCUT2D eigenvalue weighted by Crippen LogP contribution is 2.36. The molecule has 7 heteroatoms. The predicted octanol–water partition coefficient (Wildman–Crippen LogP) is 5.24. The largest absolute Gasteiger partial charge is 0.465 e. The van der Waals surface area contributed by atoms with Gasteiger partial charge in [-0.2, -0.15) is 0 Å². The second-order valence-electron chi connectivity index (χ2n) is 6.60. The standard InChI is InChI=1S/C19H19Cl2FN2O2/c1-23-7-6-12(10-23)11-24(19(25)26)18-5-3-14(20)9-15(18)13-2-4-17(22)16(21)8-13/h2-5,8-9,12H,6-7,10-11H2,1H3,(H,25,26). The van der Waals surface area contributed by atoms with Gasteiger partial charge in [-0.05, 0) is 61.8 Å². The van der Waals surface area contributed by atoms with Crippen molar-refractivity contribution in [1.29, 1.82) is 0 Å². The Morgan fingerprint density at radius 3 is 2.69 bits per heavy atom. The van der Waals surface area contributed by atoms with E-state index in [2.05, 4.69) is 4.90 Å². The molecule has 3 rings (SSSR count). The summed E-state index contributed by atoms with van der Waals surface area (Å²) in [5.41, 5.74) is 1.73. The summed E-state index contributed by atoms with van der Waals surface area (Å²) in [6, 6.07) is 9.33. The van der Waals surface area contributed by atoms with E-state index in [9.17, 15) is 14.3 Å². The van der Waals surface area contributed by atoms with Gasteiger partial charge in [0.1, 0.15) is 5.82 Å². The molecule has 0 aliphatic carbocycles. The molecule has 4 nitrogen and oxygen atoms in total. The first-order valence-electron chi connectivity index (χ1n) is 8.29. The highest BCUT2D eigenvalue weighted by molar-refractivity contribution is 6.31. The molecular weight excluding hydrogens is 378 g/mol. The van der Waals surface area contributed by atoms with E-state index < -0.39 is 11.9 Å². The van der Waals surface area contributed by atoms with Crippen LogP contribution in [0.25, 0.3) is 11.1 Å². The summed E-state index contributed by atoms with van der Waals surface area (Å²) in [5, 5.41) is 10.2. The summed E-state index contributed by atoms with van der Waals surface area (Å²) >= 11 is 12.0. The third-order valence-corrected chi connectivity index (χ3v) is 5.17. The fourth-order valence-electron chi connectivity index (χ4n) is 3.35. The molecular formula is C19H19Cl2FN2O2. The minimum atomic E-state index is -1.03. The third-order valence-electron chi connectivity index (χ3n) is 4.64. The Hall–Kier alpha value is -1.82. The van der Waals surface area contributed by atoms with Crippen molar-refractivity contribution in [3.05, 3.63) is 52.3 Å². The lowest BCUT2D eigenvalue weighted by Crippen LogP contribution is -2.35. The first-order valence-corrected chi connectivity index (χ1v) is 9.04. The Kier molecular flexibility index (Phi) is 5.70. The Balaban J connectivity index is 2.01. The molecule has 0 spiro atoms. The lowest BCUT2D eigenvalue weighted by molar-refractivity contribution is 0.200. The number of benzene rings is 2. The molecule has 1 heterocycles. The number of likely N-dealkylation sites (tertiary alicyclic amines) is 1. The van der Waals surface area contributed by atoms with Crippen LogP contribution in [0.15, 0.2) is 36.4 Å². The minimum Gasteiger partial charge on any atom is -0.465 e. The minimum absolute atomic E-state index is 0.0206. The number of carboxylic acid groups (broad SMARTS) is 1. The van der Waals surface area contributed by atoms with Gasteiger partial charge in [-0.1, -0.05) is 29.3 Å². The number of hydrogen-bond acceptors (Lipinski definition) is 2. The SMILES string of the molecule is CN1CCC(CN(C(=O)O)c2ccc(Cl)cc2-c2ccc(F)c(Cl)c2)C1. The van der Waals surface area contributed by atoms with Crippen LogP contribution in [-0.4, -0.2) is 42.8 Å². The van der Waals surface area contributed by atoms with Crippen LogP contribution in [-0.2, 0) is 0 Å². The van der Waals surface area contributed by atoms with Crippen molar-refractivity contribution >= 4 is 35.0 Å². The molecule has 0 aromatic heterocycles. The Labute approximate surface area is 161 Å². The van der Waals surface area contributed by atoms with Gasteiger partial charge in [-0.25, -0.2) is 9.18 Å². The molecule has 1 atom stereocenters. The zero-order valence-electron chi connectivity index (χ0n) is 14.3. The first kappa shape index (κ1) is 19.0. The lowest BCUT2D eigenvalue weighted by Gasteiger charge is -2.25. The zero-order chi connectivity index (χ0) is 18.8. The fraction of sp³-hybridized carbons (Fsp3) is 0.316. The zero-order valence-corrected chi connectivity index (χ0v) is 15.8. The summed E-state index contributed by atoms with van der Waals surface area (Å²) in [6.45, 7) is 2.21. The number of rotatable bonds is 4.